The van der Waals surface area contributed by atoms with Crippen molar-refractivity contribution in [3.63, 3.8) is 0 Å². The summed E-state index contributed by atoms with van der Waals surface area (Å²) in [6, 6.07) is 2.12. The molecular formula is C12H21N3O. The molecule has 2 N–H and O–H groups in total. The first-order chi connectivity index (χ1) is 7.65. The number of hydrogen-bond donors (Lipinski definition) is 2. The molecule has 1 fully saturated rings. The summed E-state index contributed by atoms with van der Waals surface area (Å²) in [5, 5.41) is 17.4. The van der Waals surface area contributed by atoms with Gasteiger partial charge in [0.2, 0.25) is 0 Å². The molecule has 0 saturated carbocycles. The number of aryl methyl sites for hydroxylation is 2. The van der Waals surface area contributed by atoms with E-state index in [1.807, 2.05) is 18.7 Å². The fraction of sp³-hybridized carbons (Fsp3) is 0.750. The lowest BCUT2D eigenvalue weighted by Gasteiger charge is -2.36. The monoisotopic (exact) mass is 223 g/mol. The topological polar surface area (TPSA) is 50.1 Å². The normalized spacial score (nSPS) is 19.9. The Bertz CT molecular complexity index is 353. The van der Waals surface area contributed by atoms with Crippen molar-refractivity contribution < 1.29 is 5.11 Å². The van der Waals surface area contributed by atoms with Crippen LogP contribution in [0, 0.1) is 12.3 Å². The van der Waals surface area contributed by atoms with Gasteiger partial charge in [-0.05, 0) is 45.3 Å². The predicted molar refractivity (Wildman–Crippen MR) is 63.3 cm³/mol. The Hall–Kier alpha value is -0.870. The molecule has 1 aromatic heterocycles. The van der Waals surface area contributed by atoms with Gasteiger partial charge in [0.1, 0.15) is 0 Å². The molecule has 1 aromatic rings. The zero-order chi connectivity index (χ0) is 11.6. The van der Waals surface area contributed by atoms with Crippen LogP contribution in [0.2, 0.25) is 0 Å². The maximum absolute atomic E-state index is 9.64. The van der Waals surface area contributed by atoms with Crippen LogP contribution in [-0.4, -0.2) is 34.6 Å². The molecule has 0 atom stereocenters. The molecule has 0 spiro atoms. The average molecular weight is 223 g/mol. The number of rotatable bonds is 3. The highest BCUT2D eigenvalue weighted by Crippen LogP contribution is 2.32. The molecular weight excluding hydrogens is 202 g/mol. The number of aromatic nitrogens is 2. The maximum Gasteiger partial charge on any atom is 0.0596 e. The van der Waals surface area contributed by atoms with Crippen molar-refractivity contribution in [3.8, 4) is 0 Å². The van der Waals surface area contributed by atoms with Crippen LogP contribution >= 0.6 is 0 Å². The lowest BCUT2D eigenvalue weighted by atomic mass is 9.76. The molecule has 1 aliphatic rings. The van der Waals surface area contributed by atoms with Crippen molar-refractivity contribution in [2.24, 2.45) is 12.5 Å². The Balaban J connectivity index is 2.14. The molecule has 2 rings (SSSR count). The summed E-state index contributed by atoms with van der Waals surface area (Å²) >= 11 is 0. The second-order valence-corrected chi connectivity index (χ2v) is 4.99. The third kappa shape index (κ3) is 2.28. The number of hydrogen-bond acceptors (Lipinski definition) is 3. The van der Waals surface area contributed by atoms with E-state index in [0.717, 1.165) is 38.0 Å². The van der Waals surface area contributed by atoms with Gasteiger partial charge >= 0.3 is 0 Å². The van der Waals surface area contributed by atoms with Gasteiger partial charge in [-0.2, -0.15) is 5.10 Å². The van der Waals surface area contributed by atoms with Crippen LogP contribution in [0.1, 0.15) is 24.2 Å². The molecule has 0 unspecified atom stereocenters. The van der Waals surface area contributed by atoms with Crippen molar-refractivity contribution in [2.45, 2.75) is 26.2 Å². The molecule has 1 aliphatic heterocycles. The van der Waals surface area contributed by atoms with Gasteiger partial charge in [0.15, 0.2) is 0 Å². The molecule has 0 aromatic carbocycles. The van der Waals surface area contributed by atoms with Crippen LogP contribution < -0.4 is 5.32 Å². The van der Waals surface area contributed by atoms with E-state index in [0.29, 0.717) is 0 Å². The van der Waals surface area contributed by atoms with Crippen LogP contribution in [0.15, 0.2) is 6.07 Å². The number of nitrogens with one attached hydrogen (secondary N) is 1. The average Bonchev–Trinajstić information content (AvgIpc) is 2.59. The molecule has 0 amide bonds. The SMILES string of the molecule is Cc1cc(CC2(CO)CCNCC2)n(C)n1. The molecule has 4 nitrogen and oxygen atoms in total. The van der Waals surface area contributed by atoms with E-state index in [4.69, 9.17) is 0 Å². The molecule has 0 bridgehead atoms. The second-order valence-electron chi connectivity index (χ2n) is 4.99. The zero-order valence-corrected chi connectivity index (χ0v) is 10.2. The predicted octanol–water partition coefficient (Wildman–Crippen LogP) is 0.633. The molecule has 0 aliphatic carbocycles. The van der Waals surface area contributed by atoms with Crippen molar-refractivity contribution in [1.29, 1.82) is 0 Å². The van der Waals surface area contributed by atoms with E-state index >= 15 is 0 Å². The van der Waals surface area contributed by atoms with E-state index < -0.39 is 0 Å². The highest BCUT2D eigenvalue weighted by Gasteiger charge is 2.32. The van der Waals surface area contributed by atoms with Crippen molar-refractivity contribution in [3.05, 3.63) is 17.5 Å². The largest absolute Gasteiger partial charge is 0.396 e. The maximum atomic E-state index is 9.64. The van der Waals surface area contributed by atoms with Gasteiger partial charge in [0.05, 0.1) is 5.69 Å². The third-order valence-corrected chi connectivity index (χ3v) is 3.65. The Kier molecular flexibility index (Phi) is 3.30. The van der Waals surface area contributed by atoms with E-state index in [9.17, 15) is 5.11 Å². The lowest BCUT2D eigenvalue weighted by Crippen LogP contribution is -2.41. The summed E-state index contributed by atoms with van der Waals surface area (Å²) < 4.78 is 1.94. The summed E-state index contributed by atoms with van der Waals surface area (Å²) in [6.07, 6.45) is 3.03. The molecule has 1 saturated heterocycles. The standard InChI is InChI=1S/C12H21N3O/c1-10-7-11(15(2)14-10)8-12(9-16)3-5-13-6-4-12/h7,13,16H,3-6,8-9H2,1-2H3. The number of aliphatic hydroxyl groups excluding tert-OH is 1. The minimum Gasteiger partial charge on any atom is -0.396 e. The quantitative estimate of drug-likeness (QED) is 0.790. The van der Waals surface area contributed by atoms with Crippen LogP contribution in [-0.2, 0) is 13.5 Å². The minimum atomic E-state index is 0.0610. The van der Waals surface area contributed by atoms with E-state index in [-0.39, 0.29) is 12.0 Å². The van der Waals surface area contributed by atoms with Crippen LogP contribution in [0.3, 0.4) is 0 Å². The summed E-state index contributed by atoms with van der Waals surface area (Å²) in [6.45, 7) is 4.31. The number of aliphatic hydroxyl groups is 1. The summed E-state index contributed by atoms with van der Waals surface area (Å²) in [5.74, 6) is 0. The molecule has 90 valence electrons. The summed E-state index contributed by atoms with van der Waals surface area (Å²) in [7, 11) is 1.98. The fourth-order valence-corrected chi connectivity index (χ4v) is 2.56. The van der Waals surface area contributed by atoms with E-state index in [2.05, 4.69) is 16.5 Å². The Morgan fingerprint density at radius 3 is 2.69 bits per heavy atom. The highest BCUT2D eigenvalue weighted by molar-refractivity contribution is 5.11. The lowest BCUT2D eigenvalue weighted by molar-refractivity contribution is 0.0874. The van der Waals surface area contributed by atoms with Gasteiger partial charge in [0.25, 0.3) is 0 Å². The van der Waals surface area contributed by atoms with Crippen molar-refractivity contribution >= 4 is 0 Å². The summed E-state index contributed by atoms with van der Waals surface area (Å²) in [4.78, 5) is 0. The van der Waals surface area contributed by atoms with Crippen LogP contribution in [0.25, 0.3) is 0 Å². The van der Waals surface area contributed by atoms with E-state index in [1.54, 1.807) is 0 Å². The Labute approximate surface area is 96.7 Å². The Morgan fingerprint density at radius 2 is 2.19 bits per heavy atom. The fourth-order valence-electron chi connectivity index (χ4n) is 2.56. The van der Waals surface area contributed by atoms with Crippen LogP contribution in [0.4, 0.5) is 0 Å². The second kappa shape index (κ2) is 4.55. The van der Waals surface area contributed by atoms with Gasteiger partial charge in [-0.15, -0.1) is 0 Å². The number of nitrogens with zero attached hydrogens (tertiary/aromatic N) is 2. The smallest absolute Gasteiger partial charge is 0.0596 e. The first-order valence-corrected chi connectivity index (χ1v) is 5.96. The first kappa shape index (κ1) is 11.6. The van der Waals surface area contributed by atoms with E-state index in [1.165, 1.54) is 5.69 Å². The van der Waals surface area contributed by atoms with Gasteiger partial charge in [-0.1, -0.05) is 0 Å². The van der Waals surface area contributed by atoms with Gasteiger partial charge in [-0.25, -0.2) is 0 Å². The first-order valence-electron chi connectivity index (χ1n) is 5.96. The molecule has 4 heteroatoms. The van der Waals surface area contributed by atoms with Crippen molar-refractivity contribution in [2.75, 3.05) is 19.7 Å². The third-order valence-electron chi connectivity index (χ3n) is 3.65. The molecule has 0 radical (unpaired) electrons. The van der Waals surface area contributed by atoms with Crippen LogP contribution in [0.5, 0.6) is 0 Å². The molecule has 16 heavy (non-hydrogen) atoms. The molecule has 2 heterocycles. The van der Waals surface area contributed by atoms with Gasteiger partial charge < -0.3 is 10.4 Å². The Morgan fingerprint density at radius 1 is 1.50 bits per heavy atom. The van der Waals surface area contributed by atoms with Gasteiger partial charge in [-0.3, -0.25) is 4.68 Å². The number of piperidine rings is 1. The summed E-state index contributed by atoms with van der Waals surface area (Å²) in [5.41, 5.74) is 2.35. The zero-order valence-electron chi connectivity index (χ0n) is 10.2. The minimum absolute atomic E-state index is 0.0610. The highest BCUT2D eigenvalue weighted by atomic mass is 16.3. The van der Waals surface area contributed by atoms with Gasteiger partial charge in [0, 0.05) is 24.8 Å². The van der Waals surface area contributed by atoms with Crippen molar-refractivity contribution in [1.82, 2.24) is 15.1 Å².